The minimum atomic E-state index is -1.05. The summed E-state index contributed by atoms with van der Waals surface area (Å²) in [4.78, 5) is 12.5. The molecular weight excluding hydrogens is 373 g/mol. The van der Waals surface area contributed by atoms with Crippen molar-refractivity contribution in [2.24, 2.45) is 5.73 Å². The number of rotatable bonds is 8. The number of hydrogen-bond acceptors (Lipinski definition) is 4. The van der Waals surface area contributed by atoms with E-state index in [0.717, 1.165) is 5.56 Å². The van der Waals surface area contributed by atoms with Crippen molar-refractivity contribution in [1.82, 2.24) is 5.32 Å². The Morgan fingerprint density at radius 3 is 2.44 bits per heavy atom. The molecule has 6 nitrogen and oxygen atoms in total. The van der Waals surface area contributed by atoms with Gasteiger partial charge in [0.1, 0.15) is 17.4 Å². The molecule has 27 heavy (non-hydrogen) atoms. The first-order valence-electron chi connectivity index (χ1n) is 8.12. The van der Waals surface area contributed by atoms with Crippen LogP contribution in [-0.2, 0) is 16.1 Å². The number of methoxy groups -OCH3 is 1. The van der Waals surface area contributed by atoms with Gasteiger partial charge in [0.2, 0.25) is 0 Å². The summed E-state index contributed by atoms with van der Waals surface area (Å²) < 4.78 is 24.7. The maximum atomic E-state index is 14.3. The van der Waals surface area contributed by atoms with E-state index >= 15 is 0 Å². The number of ether oxygens (including phenoxy) is 2. The van der Waals surface area contributed by atoms with Crippen LogP contribution in [0.15, 0.2) is 42.5 Å². The standard InChI is InChI=1S/C19H22FN3O3.ClH/c1-3-26-17(15-9-8-14(25-2)10-16(15)20)19(24)23-11-12-4-6-13(7-5-12)18(21)22;/h4-10,17H,3,11H2,1-2H3,(H3,21,22)(H,23,24);1H. The van der Waals surface area contributed by atoms with Crippen molar-refractivity contribution in [2.75, 3.05) is 13.7 Å². The summed E-state index contributed by atoms with van der Waals surface area (Å²) in [5.41, 5.74) is 6.99. The highest BCUT2D eigenvalue weighted by Gasteiger charge is 2.24. The zero-order valence-electron chi connectivity index (χ0n) is 15.1. The number of halogens is 2. The molecule has 2 aromatic rings. The first-order chi connectivity index (χ1) is 12.5. The molecule has 4 N–H and O–H groups in total. The quantitative estimate of drug-likeness (QED) is 0.473. The van der Waals surface area contributed by atoms with Crippen molar-refractivity contribution in [1.29, 1.82) is 5.41 Å². The average molecular weight is 396 g/mol. The van der Waals surface area contributed by atoms with Gasteiger partial charge in [-0.3, -0.25) is 10.2 Å². The topological polar surface area (TPSA) is 97.4 Å². The van der Waals surface area contributed by atoms with E-state index in [1.807, 2.05) is 0 Å². The monoisotopic (exact) mass is 395 g/mol. The lowest BCUT2D eigenvalue weighted by atomic mass is 10.1. The number of hydrogen-bond donors (Lipinski definition) is 3. The van der Waals surface area contributed by atoms with E-state index in [1.54, 1.807) is 37.3 Å². The van der Waals surface area contributed by atoms with Crippen LogP contribution < -0.4 is 15.8 Å². The van der Waals surface area contributed by atoms with Gasteiger partial charge in [0.15, 0.2) is 6.10 Å². The highest BCUT2D eigenvalue weighted by atomic mass is 35.5. The van der Waals surface area contributed by atoms with Gasteiger partial charge in [-0.2, -0.15) is 0 Å². The zero-order valence-corrected chi connectivity index (χ0v) is 15.9. The smallest absolute Gasteiger partial charge is 0.254 e. The first kappa shape index (κ1) is 22.4. The van der Waals surface area contributed by atoms with E-state index in [1.165, 1.54) is 19.2 Å². The molecule has 2 aromatic carbocycles. The van der Waals surface area contributed by atoms with Gasteiger partial charge in [0.25, 0.3) is 5.91 Å². The molecular formula is C19H23ClFN3O3. The molecule has 0 radical (unpaired) electrons. The van der Waals surface area contributed by atoms with E-state index in [2.05, 4.69) is 5.32 Å². The van der Waals surface area contributed by atoms with Crippen molar-refractivity contribution in [3.63, 3.8) is 0 Å². The summed E-state index contributed by atoms with van der Waals surface area (Å²) in [6.45, 7) is 2.25. The minimum Gasteiger partial charge on any atom is -0.497 e. The van der Waals surface area contributed by atoms with Crippen LogP contribution in [0.3, 0.4) is 0 Å². The second-order valence-electron chi connectivity index (χ2n) is 5.55. The van der Waals surface area contributed by atoms with Crippen LogP contribution in [0.5, 0.6) is 5.75 Å². The van der Waals surface area contributed by atoms with Crippen LogP contribution in [-0.4, -0.2) is 25.5 Å². The maximum Gasteiger partial charge on any atom is 0.254 e. The minimum absolute atomic E-state index is 0. The van der Waals surface area contributed by atoms with Gasteiger partial charge in [-0.25, -0.2) is 4.39 Å². The molecule has 1 amide bonds. The second kappa shape index (κ2) is 10.5. The summed E-state index contributed by atoms with van der Waals surface area (Å²) in [6, 6.07) is 11.2. The fourth-order valence-corrected chi connectivity index (χ4v) is 2.40. The Hall–Kier alpha value is -2.64. The van der Waals surface area contributed by atoms with Crippen LogP contribution in [0.2, 0.25) is 0 Å². The molecule has 0 saturated carbocycles. The van der Waals surface area contributed by atoms with E-state index < -0.39 is 17.8 Å². The van der Waals surface area contributed by atoms with E-state index in [9.17, 15) is 9.18 Å². The van der Waals surface area contributed by atoms with Crippen LogP contribution >= 0.6 is 12.4 Å². The van der Waals surface area contributed by atoms with Gasteiger partial charge < -0.3 is 20.5 Å². The Balaban J connectivity index is 0.00000364. The van der Waals surface area contributed by atoms with Crippen molar-refractivity contribution in [3.05, 3.63) is 65.0 Å². The number of benzene rings is 2. The van der Waals surface area contributed by atoms with Crippen molar-refractivity contribution in [2.45, 2.75) is 19.6 Å². The summed E-state index contributed by atoms with van der Waals surface area (Å²) >= 11 is 0. The summed E-state index contributed by atoms with van der Waals surface area (Å²) in [5.74, 6) is -0.658. The third-order valence-corrected chi connectivity index (χ3v) is 3.79. The fourth-order valence-electron chi connectivity index (χ4n) is 2.40. The maximum absolute atomic E-state index is 14.3. The normalized spacial score (nSPS) is 11.2. The largest absolute Gasteiger partial charge is 0.497 e. The van der Waals surface area contributed by atoms with Crippen molar-refractivity contribution in [3.8, 4) is 5.75 Å². The predicted octanol–water partition coefficient (Wildman–Crippen LogP) is 2.93. The van der Waals surface area contributed by atoms with Crippen LogP contribution in [0, 0.1) is 11.2 Å². The fraction of sp³-hybridized carbons (Fsp3) is 0.263. The number of amidine groups is 1. The molecule has 2 rings (SSSR count). The Kier molecular flexibility index (Phi) is 8.71. The number of carbonyl (C=O) groups excluding carboxylic acids is 1. The molecule has 0 saturated heterocycles. The molecule has 0 fully saturated rings. The molecule has 0 heterocycles. The number of amides is 1. The van der Waals surface area contributed by atoms with Gasteiger partial charge in [0, 0.05) is 30.3 Å². The van der Waals surface area contributed by atoms with Gasteiger partial charge in [-0.15, -0.1) is 12.4 Å². The molecule has 0 aromatic heterocycles. The van der Waals surface area contributed by atoms with Gasteiger partial charge in [-0.1, -0.05) is 24.3 Å². The Bertz CT molecular complexity index is 784. The highest BCUT2D eigenvalue weighted by Crippen LogP contribution is 2.25. The SMILES string of the molecule is CCOC(C(=O)NCc1ccc(C(=N)N)cc1)c1ccc(OC)cc1F.Cl. The lowest BCUT2D eigenvalue weighted by molar-refractivity contribution is -0.133. The number of nitrogens with one attached hydrogen (secondary N) is 2. The summed E-state index contributed by atoms with van der Waals surface area (Å²) in [7, 11) is 1.44. The molecule has 0 spiro atoms. The van der Waals surface area contributed by atoms with E-state index in [-0.39, 0.29) is 37.0 Å². The number of carbonyl (C=O) groups is 1. The molecule has 0 aliphatic carbocycles. The van der Waals surface area contributed by atoms with Crippen LogP contribution in [0.1, 0.15) is 29.7 Å². The number of nitrogen functional groups attached to an aromatic ring is 1. The average Bonchev–Trinajstić information content (AvgIpc) is 2.64. The highest BCUT2D eigenvalue weighted by molar-refractivity contribution is 5.94. The molecule has 0 aliphatic rings. The van der Waals surface area contributed by atoms with Crippen molar-refractivity contribution < 1.29 is 18.7 Å². The van der Waals surface area contributed by atoms with E-state index in [4.69, 9.17) is 20.6 Å². The summed E-state index contributed by atoms with van der Waals surface area (Å²) in [6.07, 6.45) is -1.05. The molecule has 146 valence electrons. The van der Waals surface area contributed by atoms with Gasteiger partial charge in [-0.05, 0) is 24.6 Å². The Labute approximate surface area is 163 Å². The Morgan fingerprint density at radius 2 is 1.93 bits per heavy atom. The van der Waals surface area contributed by atoms with E-state index in [0.29, 0.717) is 11.3 Å². The lowest BCUT2D eigenvalue weighted by Crippen LogP contribution is -2.31. The molecule has 1 atom stereocenters. The van der Waals surface area contributed by atoms with Crippen LogP contribution in [0.25, 0.3) is 0 Å². The third-order valence-electron chi connectivity index (χ3n) is 3.79. The lowest BCUT2D eigenvalue weighted by Gasteiger charge is -2.18. The van der Waals surface area contributed by atoms with Crippen molar-refractivity contribution >= 4 is 24.1 Å². The second-order valence-corrected chi connectivity index (χ2v) is 5.55. The number of nitrogens with two attached hydrogens (primary N) is 1. The van der Waals surface area contributed by atoms with Crippen LogP contribution in [0.4, 0.5) is 4.39 Å². The molecule has 8 heteroatoms. The predicted molar refractivity (Wildman–Crippen MR) is 104 cm³/mol. The zero-order chi connectivity index (χ0) is 19.1. The summed E-state index contributed by atoms with van der Waals surface area (Å²) in [5, 5.41) is 10.1. The van der Waals surface area contributed by atoms with Gasteiger partial charge in [0.05, 0.1) is 7.11 Å². The molecule has 1 unspecified atom stereocenters. The third kappa shape index (κ3) is 5.94. The van der Waals surface area contributed by atoms with Gasteiger partial charge >= 0.3 is 0 Å². The molecule has 0 bridgehead atoms. The Morgan fingerprint density at radius 1 is 1.26 bits per heavy atom. The molecule has 0 aliphatic heterocycles. The first-order valence-corrected chi connectivity index (χ1v) is 8.12.